The van der Waals surface area contributed by atoms with Crippen molar-refractivity contribution in [3.8, 4) is 0 Å². The van der Waals surface area contributed by atoms with Gasteiger partial charge in [-0.3, -0.25) is 58.1 Å². The van der Waals surface area contributed by atoms with Gasteiger partial charge in [0.1, 0.15) is 6.61 Å². The minimum atomic E-state index is -1.40. The molecule has 0 spiro atoms. The lowest BCUT2D eigenvalue weighted by Crippen LogP contribution is -2.58. The molecule has 31 heteroatoms. The normalized spacial score (nSPS) is 24.3. The number of aromatic nitrogens is 7. The first-order chi connectivity index (χ1) is 60.4. The summed E-state index contributed by atoms with van der Waals surface area (Å²) in [4.78, 5) is 157. The number of esters is 7. The third-order valence-electron chi connectivity index (χ3n) is 27.7. The summed E-state index contributed by atoms with van der Waals surface area (Å²) in [6.45, 7) is 33.6. The molecule has 0 aromatic carbocycles. The van der Waals surface area contributed by atoms with Crippen molar-refractivity contribution in [1.82, 2.24) is 45.6 Å². The van der Waals surface area contributed by atoms with Gasteiger partial charge in [-0.15, -0.1) is 5.10 Å². The minimum absolute atomic E-state index is 0.0223. The van der Waals surface area contributed by atoms with Crippen LogP contribution in [-0.2, 0) is 105 Å². The second-order valence-electron chi connectivity index (χ2n) is 35.4. The zero-order valence-electron chi connectivity index (χ0n) is 76.8. The standard InChI is InChI=1S/C96H124N12O19/c1-21-60-53(3)68-45-69-55(5)62(25-30-79(110)111)74(100-69)48-75-63(56(6)71(101-75)47-73-61(22-2)54(4)70(99-73)46-72(60)98-68)26-31-84(116)127-43-42-126-41-40-125-39-38-108-52-59(106-107-108)24-23-37-97-78(109)50-94(12)64(27-32-80(112)119-15)76-49-77-92(9,10)65(28-33-81(113)120-16)87(103-77)57(7)89-93(11,36-35-83(115)122-18)67(44-85(117)123-19)91(104-89)96(14)95(13,51-86(118)124-20)66(29-34-82(114)121-17)88(105-96)58(8)90(94)102-76/h21-22,45-49,52,64-67,91,98,101,104H,1-2,23-44,50-51H2,3-20H3,(H,97,109)(H,110,111)/b68-45?,69-45?,70-46?,71-47?,72-46?,73-47?,74-48?,75-48?,77-49-,89-57-,90-58-/t64-,65-,66-,67+,91?,93-,94+,95+,96+/m1/s1. The number of fused-ring (bicyclic) bond motifs is 14. The predicted octanol–water partition coefficient (Wildman–Crippen LogP) is 13.7. The van der Waals surface area contributed by atoms with E-state index in [1.165, 1.54) is 42.7 Å². The summed E-state index contributed by atoms with van der Waals surface area (Å²) in [5.74, 6) is -7.21. The average molecular weight is 1750 g/mol. The van der Waals surface area contributed by atoms with Crippen molar-refractivity contribution in [3.05, 3.63) is 135 Å². The Morgan fingerprint density at radius 2 is 1.16 bits per heavy atom. The van der Waals surface area contributed by atoms with Gasteiger partial charge in [-0.25, -0.2) is 14.6 Å². The van der Waals surface area contributed by atoms with Gasteiger partial charge in [0.05, 0.1) is 134 Å². The van der Waals surface area contributed by atoms with Crippen LogP contribution in [0.4, 0.5) is 0 Å². The first-order valence-corrected chi connectivity index (χ1v) is 43.6. The van der Waals surface area contributed by atoms with Crippen molar-refractivity contribution in [2.75, 3.05) is 82.2 Å². The number of H-pyrrole nitrogens is 2. The van der Waals surface area contributed by atoms with Gasteiger partial charge >= 0.3 is 47.8 Å². The Bertz CT molecular complexity index is 5470. The van der Waals surface area contributed by atoms with Crippen molar-refractivity contribution < 1.29 is 90.9 Å². The number of aromatic amines is 2. The molecule has 11 heterocycles. The summed E-state index contributed by atoms with van der Waals surface area (Å²) in [7, 11) is 7.89. The Morgan fingerprint density at radius 1 is 0.567 bits per heavy atom. The van der Waals surface area contributed by atoms with Gasteiger partial charge in [-0.05, 0) is 175 Å². The summed E-state index contributed by atoms with van der Waals surface area (Å²) >= 11 is 0. The van der Waals surface area contributed by atoms with E-state index in [-0.39, 0.29) is 122 Å². The number of methoxy groups -OCH3 is 6. The van der Waals surface area contributed by atoms with Crippen LogP contribution in [0.3, 0.4) is 0 Å². The van der Waals surface area contributed by atoms with Crippen molar-refractivity contribution in [2.24, 2.45) is 60.3 Å². The molecule has 1 unspecified atom stereocenters. The lowest BCUT2D eigenvalue weighted by molar-refractivity contribution is -0.147. The Morgan fingerprint density at radius 3 is 1.81 bits per heavy atom. The number of rotatable bonds is 39. The number of allylic oxidation sites excluding steroid dienone is 11. The number of aliphatic carboxylic acids is 1. The number of carboxylic acid groups (broad SMARTS) is 1. The molecule has 0 aliphatic carbocycles. The van der Waals surface area contributed by atoms with Gasteiger partial charge in [-0.2, -0.15) is 0 Å². The molecule has 1 amide bonds. The SMILES string of the molecule is C=CC1=C(C)c2cc3[nH]c(cc4nc(cc5[nH]c(cc1n2)c(C)c5CCC(=O)OCCOCCOCCn1cc(CCCNC(=O)C[C@]2(C)/C5=C(\C)C6=N[C@@](C)(C7N/C(=C(/C)C8=N/C(=C\C(=N5)[C@H]2CCC(=O)OC)C(C)(C)[C@@H]8CCC(=O)OC)[C@](C)(CCC(=O)OC)[C@H]7CC(=O)OC)[C@@](C)(CC(=O)OC)[C@@H]6CCC(=O)OC)nn1)C(CCC(=O)O)=C4C)c(C)c3C=C. The van der Waals surface area contributed by atoms with Crippen molar-refractivity contribution in [2.45, 2.75) is 210 Å². The molecule has 127 heavy (non-hydrogen) atoms. The van der Waals surface area contributed by atoms with E-state index in [1.54, 1.807) is 10.8 Å². The molecule has 5 N–H and O–H groups in total. The van der Waals surface area contributed by atoms with Crippen LogP contribution in [0, 0.1) is 59.2 Å². The van der Waals surface area contributed by atoms with E-state index >= 15 is 4.79 Å². The molecule has 11 rings (SSSR count). The molecular formula is C96H124N12O19. The van der Waals surface area contributed by atoms with Gasteiger partial charge < -0.3 is 68.3 Å². The maximum atomic E-state index is 15.1. The fourth-order valence-corrected chi connectivity index (χ4v) is 20.0. The molecule has 0 radical (unpaired) electrons. The topological polar surface area (TPSA) is 406 Å². The van der Waals surface area contributed by atoms with Gasteiger partial charge in [0.2, 0.25) is 5.91 Å². The van der Waals surface area contributed by atoms with Crippen molar-refractivity contribution in [1.29, 1.82) is 0 Å². The Balaban J connectivity index is 0.769. The highest BCUT2D eigenvalue weighted by Crippen LogP contribution is 2.63. The van der Waals surface area contributed by atoms with Crippen LogP contribution in [0.5, 0.6) is 0 Å². The molecular weight excluding hydrogens is 1630 g/mol. The number of amides is 1. The van der Waals surface area contributed by atoms with Gasteiger partial charge in [-0.1, -0.05) is 65.1 Å². The van der Waals surface area contributed by atoms with Crippen molar-refractivity contribution in [3.63, 3.8) is 0 Å². The zero-order chi connectivity index (χ0) is 92.4. The molecule has 7 aliphatic rings. The highest BCUT2D eigenvalue weighted by atomic mass is 16.6. The number of hydrogen-bond acceptors (Lipinski definition) is 26. The number of ether oxygens (including phenoxy) is 9. The van der Waals surface area contributed by atoms with Crippen LogP contribution in [-0.4, -0.2) is 205 Å². The van der Waals surface area contributed by atoms with Gasteiger partial charge in [0, 0.05) is 165 Å². The fourth-order valence-electron chi connectivity index (χ4n) is 20.0. The molecule has 4 aromatic heterocycles. The van der Waals surface area contributed by atoms with E-state index in [0.29, 0.717) is 107 Å². The van der Waals surface area contributed by atoms with E-state index in [2.05, 4.69) is 57.9 Å². The maximum Gasteiger partial charge on any atom is 0.306 e. The maximum absolute atomic E-state index is 15.1. The summed E-state index contributed by atoms with van der Waals surface area (Å²) in [6, 6.07) is 7.08. The Kier molecular flexibility index (Phi) is 30.7. The second-order valence-corrected chi connectivity index (χ2v) is 35.4. The van der Waals surface area contributed by atoms with E-state index in [0.717, 1.165) is 72.3 Å². The van der Waals surface area contributed by atoms with E-state index in [1.807, 2.05) is 112 Å². The van der Waals surface area contributed by atoms with Crippen LogP contribution in [0.15, 0.2) is 99.0 Å². The number of aryl methyl sites for hydroxylation is 4. The molecule has 682 valence electrons. The first-order valence-electron chi connectivity index (χ1n) is 43.6. The molecule has 9 atom stereocenters. The molecule has 16 bridgehead atoms. The van der Waals surface area contributed by atoms with Gasteiger partial charge in [0.15, 0.2) is 0 Å². The van der Waals surface area contributed by atoms with Crippen LogP contribution >= 0.6 is 0 Å². The third kappa shape index (κ3) is 20.2. The molecule has 0 saturated carbocycles. The molecule has 31 nitrogen and oxygen atoms in total. The van der Waals surface area contributed by atoms with E-state index in [4.69, 9.17) is 67.6 Å². The fraction of sp³-hybridized carbons (Fsp3) is 0.542. The molecule has 1 fully saturated rings. The first kappa shape index (κ1) is 96.0. The molecule has 7 aliphatic heterocycles. The van der Waals surface area contributed by atoms with Crippen molar-refractivity contribution >= 4 is 121 Å². The Hall–Kier alpha value is -11.6. The molecule has 1 saturated heterocycles. The number of carboxylic acids is 1. The smallest absolute Gasteiger partial charge is 0.306 e. The van der Waals surface area contributed by atoms with Crippen LogP contribution in [0.1, 0.15) is 216 Å². The number of aliphatic imine (C=N–C) groups is 3. The largest absolute Gasteiger partial charge is 0.481 e. The average Bonchev–Trinajstić information content (AvgIpc) is 1.52. The summed E-state index contributed by atoms with van der Waals surface area (Å²) in [5.41, 5.74) is 12.7. The monoisotopic (exact) mass is 1750 g/mol. The summed E-state index contributed by atoms with van der Waals surface area (Å²) < 4.78 is 51.1. The number of carbonyl (C=O) groups is 9. The quantitative estimate of drug-likeness (QED) is 0.0157. The number of carbonyl (C=O) groups excluding carboxylic acids is 8. The zero-order valence-corrected chi connectivity index (χ0v) is 76.8. The Labute approximate surface area is 741 Å². The third-order valence-corrected chi connectivity index (χ3v) is 27.7. The van der Waals surface area contributed by atoms with E-state index < -0.39 is 105 Å². The van der Waals surface area contributed by atoms with Crippen LogP contribution in [0.25, 0.3) is 50.4 Å². The van der Waals surface area contributed by atoms with Crippen LogP contribution < -0.4 is 10.6 Å². The minimum Gasteiger partial charge on any atom is -0.481 e. The highest BCUT2D eigenvalue weighted by molar-refractivity contribution is 6.10. The lowest BCUT2D eigenvalue weighted by Gasteiger charge is -2.48. The number of nitrogens with zero attached hydrogens (tertiary/aromatic N) is 8. The molecule has 4 aromatic rings. The lowest BCUT2D eigenvalue weighted by atomic mass is 9.56. The summed E-state index contributed by atoms with van der Waals surface area (Å²) in [5, 5.41) is 25.7. The highest BCUT2D eigenvalue weighted by Gasteiger charge is 2.67. The summed E-state index contributed by atoms with van der Waals surface area (Å²) in [6.07, 6.45) is 8.92. The number of nitrogens with one attached hydrogen (secondary N) is 4. The van der Waals surface area contributed by atoms with E-state index in [9.17, 15) is 43.5 Å². The second kappa shape index (κ2) is 40.6. The van der Waals surface area contributed by atoms with Gasteiger partial charge in [0.25, 0.3) is 0 Å². The number of hydrogen-bond donors (Lipinski definition) is 5. The van der Waals surface area contributed by atoms with Crippen LogP contribution in [0.2, 0.25) is 0 Å². The predicted molar refractivity (Wildman–Crippen MR) is 481 cm³/mol.